The molecule has 3 unspecified atom stereocenters. The van der Waals surface area contributed by atoms with Gasteiger partial charge in [-0.2, -0.15) is 0 Å². The molecule has 2 amide bonds. The first-order valence-corrected chi connectivity index (χ1v) is 14.6. The molecule has 3 aliphatic heterocycles. The molecule has 0 aliphatic carbocycles. The summed E-state index contributed by atoms with van der Waals surface area (Å²) in [5.41, 5.74) is 0.987. The fraction of sp³-hybridized carbons (Fsp3) is 0.536. The summed E-state index contributed by atoms with van der Waals surface area (Å²) in [5.74, 6) is -1.94. The predicted octanol–water partition coefficient (Wildman–Crippen LogP) is 3.56. The first-order chi connectivity index (χ1) is 17.9. The lowest BCUT2D eigenvalue weighted by atomic mass is 9.71. The molecule has 9 heteroatoms. The van der Waals surface area contributed by atoms with E-state index < -0.39 is 22.6 Å². The van der Waals surface area contributed by atoms with Gasteiger partial charge in [-0.05, 0) is 31.2 Å². The van der Waals surface area contributed by atoms with Gasteiger partial charge in [-0.25, -0.2) is 0 Å². The molecule has 1 aromatic carbocycles. The van der Waals surface area contributed by atoms with Crippen LogP contribution < -0.4 is 0 Å². The van der Waals surface area contributed by atoms with E-state index >= 15 is 0 Å². The highest BCUT2D eigenvalue weighted by Gasteiger charge is 2.76. The number of ether oxygens (including phenoxy) is 1. The fourth-order valence-electron chi connectivity index (χ4n) is 6.02. The fourth-order valence-corrected chi connectivity index (χ4v) is 9.62. The van der Waals surface area contributed by atoms with Crippen LogP contribution in [0.15, 0.2) is 55.6 Å². The quantitative estimate of drug-likeness (QED) is 0.164. The summed E-state index contributed by atoms with van der Waals surface area (Å²) in [7, 11) is 0. The van der Waals surface area contributed by atoms with Gasteiger partial charge in [-0.1, -0.05) is 58.4 Å². The number of likely N-dealkylation sites (tertiary alicyclic amines) is 1. The molecule has 0 aromatic heterocycles. The number of fused-ring (bicyclic) bond motifs is 1. The Hall–Kier alpha value is -2.10. The number of amides is 2. The Morgan fingerprint density at radius 2 is 2.00 bits per heavy atom. The Morgan fingerprint density at radius 3 is 2.68 bits per heavy atom. The maximum atomic E-state index is 14.3. The van der Waals surface area contributed by atoms with Crippen LogP contribution in [0.3, 0.4) is 0 Å². The molecular formula is C28H35BrN2O5S. The summed E-state index contributed by atoms with van der Waals surface area (Å²) in [5, 5.41) is 9.40. The summed E-state index contributed by atoms with van der Waals surface area (Å²) >= 11 is 5.36. The predicted molar refractivity (Wildman–Crippen MR) is 148 cm³/mol. The number of unbranched alkanes of at least 4 members (excludes halogenated alkanes) is 1. The Balaban J connectivity index is 1.66. The van der Waals surface area contributed by atoms with Gasteiger partial charge in [0.25, 0.3) is 0 Å². The van der Waals surface area contributed by atoms with Gasteiger partial charge >= 0.3 is 5.97 Å². The molecule has 0 radical (unpaired) electrons. The monoisotopic (exact) mass is 590 g/mol. The van der Waals surface area contributed by atoms with E-state index in [1.165, 1.54) is 0 Å². The van der Waals surface area contributed by atoms with Gasteiger partial charge in [0.2, 0.25) is 11.8 Å². The van der Waals surface area contributed by atoms with Crippen LogP contribution in [-0.4, -0.2) is 79.9 Å². The molecule has 200 valence electrons. The average Bonchev–Trinajstić information content (AvgIpc) is 3.48. The molecule has 0 saturated carbocycles. The highest BCUT2D eigenvalue weighted by Crippen LogP contribution is 2.68. The van der Waals surface area contributed by atoms with Crippen LogP contribution in [0.5, 0.6) is 0 Å². The normalized spacial score (nSPS) is 29.7. The van der Waals surface area contributed by atoms with E-state index in [2.05, 4.69) is 29.1 Å². The number of alkyl halides is 1. The van der Waals surface area contributed by atoms with Gasteiger partial charge in [0, 0.05) is 36.3 Å². The Kier molecular flexibility index (Phi) is 9.19. The summed E-state index contributed by atoms with van der Waals surface area (Å²) in [6.45, 7) is 8.73. The van der Waals surface area contributed by atoms with Gasteiger partial charge < -0.3 is 19.6 Å². The molecule has 2 bridgehead atoms. The molecule has 3 saturated heterocycles. The van der Waals surface area contributed by atoms with E-state index in [0.29, 0.717) is 32.4 Å². The van der Waals surface area contributed by atoms with Crippen molar-refractivity contribution in [2.45, 2.75) is 53.1 Å². The molecule has 3 heterocycles. The molecule has 1 aromatic rings. The summed E-state index contributed by atoms with van der Waals surface area (Å²) in [4.78, 5) is 44.9. The highest BCUT2D eigenvalue weighted by atomic mass is 79.9. The molecular weight excluding hydrogens is 556 g/mol. The summed E-state index contributed by atoms with van der Waals surface area (Å²) in [6.07, 6.45) is 5.88. The van der Waals surface area contributed by atoms with E-state index in [4.69, 9.17) is 4.74 Å². The number of hydrogen-bond acceptors (Lipinski definition) is 6. The Morgan fingerprint density at radius 1 is 1.24 bits per heavy atom. The minimum atomic E-state index is -0.733. The number of benzene rings is 1. The third kappa shape index (κ3) is 5.27. The number of nitrogens with zero attached hydrogens (tertiary/aromatic N) is 2. The van der Waals surface area contributed by atoms with E-state index in [-0.39, 0.29) is 47.6 Å². The smallest absolute Gasteiger partial charge is 0.310 e. The van der Waals surface area contributed by atoms with Crippen molar-refractivity contribution in [1.82, 2.24) is 9.80 Å². The van der Waals surface area contributed by atoms with Gasteiger partial charge in [-0.15, -0.1) is 24.9 Å². The van der Waals surface area contributed by atoms with Crippen LogP contribution in [0.25, 0.3) is 0 Å². The number of aliphatic hydroxyl groups excluding tert-OH is 1. The van der Waals surface area contributed by atoms with Gasteiger partial charge in [0.15, 0.2) is 0 Å². The summed E-state index contributed by atoms with van der Waals surface area (Å²) in [6, 6.07) is 9.01. The van der Waals surface area contributed by atoms with Crippen molar-refractivity contribution in [3.63, 3.8) is 0 Å². The number of allylic oxidation sites excluding steroid dienone is 1. The lowest BCUT2D eigenvalue weighted by Gasteiger charge is -2.37. The second kappa shape index (κ2) is 12.2. The lowest BCUT2D eigenvalue weighted by Crippen LogP contribution is -2.55. The zero-order valence-electron chi connectivity index (χ0n) is 21.0. The third-order valence-corrected chi connectivity index (χ3v) is 10.7. The van der Waals surface area contributed by atoms with Crippen LogP contribution >= 0.6 is 27.7 Å². The lowest BCUT2D eigenvalue weighted by molar-refractivity contribution is -0.154. The first-order valence-electron chi connectivity index (χ1n) is 12.8. The molecule has 37 heavy (non-hydrogen) atoms. The van der Waals surface area contributed by atoms with Gasteiger partial charge in [0.05, 0.1) is 23.2 Å². The van der Waals surface area contributed by atoms with Crippen molar-refractivity contribution in [2.24, 2.45) is 11.8 Å². The Labute approximate surface area is 231 Å². The largest absolute Gasteiger partial charge is 0.465 e. The van der Waals surface area contributed by atoms with E-state index in [1.807, 2.05) is 30.3 Å². The van der Waals surface area contributed by atoms with E-state index in [1.54, 1.807) is 33.7 Å². The molecule has 4 rings (SSSR count). The second-order valence-electron chi connectivity index (χ2n) is 9.86. The first kappa shape index (κ1) is 27.9. The van der Waals surface area contributed by atoms with Crippen LogP contribution in [0.1, 0.15) is 31.2 Å². The maximum Gasteiger partial charge on any atom is 0.310 e. The Bertz CT molecular complexity index is 1020. The number of rotatable bonds is 13. The molecule has 7 nitrogen and oxygen atoms in total. The van der Waals surface area contributed by atoms with Crippen molar-refractivity contribution in [2.75, 3.05) is 26.3 Å². The number of thioether (sulfide) groups is 1. The molecule has 1 N–H and O–H groups in total. The van der Waals surface area contributed by atoms with Crippen LogP contribution in [0.2, 0.25) is 0 Å². The number of carbonyl (C=O) groups is 3. The SMILES string of the molecule is C=CCCCOC(=O)[C@H]1[C@@H]2SC3(CC2Br)C(C(=O)N(CC=C)Cc2ccccc2)N(CCCO)C(=O)[C@H]13. The average molecular weight is 592 g/mol. The number of aliphatic hydroxyl groups is 1. The zero-order valence-corrected chi connectivity index (χ0v) is 23.4. The van der Waals surface area contributed by atoms with Crippen LogP contribution in [-0.2, 0) is 25.7 Å². The van der Waals surface area contributed by atoms with Gasteiger partial charge in [-0.3, -0.25) is 14.4 Å². The van der Waals surface area contributed by atoms with Crippen molar-refractivity contribution in [1.29, 1.82) is 0 Å². The molecule has 3 aliphatic rings. The topological polar surface area (TPSA) is 87.2 Å². The number of hydrogen-bond donors (Lipinski definition) is 1. The zero-order chi connectivity index (χ0) is 26.6. The van der Waals surface area contributed by atoms with E-state index in [0.717, 1.165) is 12.0 Å². The molecule has 1 spiro atoms. The third-order valence-electron chi connectivity index (χ3n) is 7.53. The van der Waals surface area contributed by atoms with Gasteiger partial charge in [0.1, 0.15) is 6.04 Å². The van der Waals surface area contributed by atoms with E-state index in [9.17, 15) is 19.5 Å². The van der Waals surface area contributed by atoms with Crippen molar-refractivity contribution in [3.8, 4) is 0 Å². The minimum absolute atomic E-state index is 0.0117. The highest BCUT2D eigenvalue weighted by molar-refractivity contribution is 9.09. The number of carbonyl (C=O) groups excluding carboxylic acids is 3. The maximum absolute atomic E-state index is 14.3. The van der Waals surface area contributed by atoms with Crippen LogP contribution in [0.4, 0.5) is 0 Å². The minimum Gasteiger partial charge on any atom is -0.465 e. The molecule has 6 atom stereocenters. The second-order valence-corrected chi connectivity index (χ2v) is 12.6. The standard InChI is InChI=1S/C28H35BrN2O5S/c1-3-5-9-16-36-27(35)21-22-25(33)31(14-10-15-32)24(28(22)17-20(29)23(21)37-28)26(34)30(13-4-2)18-19-11-7-6-8-12-19/h3-4,6-8,11-12,20-24,32H,1-2,5,9-10,13-18H2/t20?,21-,22+,23-,24?,28?/m1/s1. The van der Waals surface area contributed by atoms with Crippen molar-refractivity contribution >= 4 is 45.5 Å². The summed E-state index contributed by atoms with van der Waals surface area (Å²) < 4.78 is 4.89. The van der Waals surface area contributed by atoms with Crippen LogP contribution in [0, 0.1) is 11.8 Å². The number of halogens is 1. The van der Waals surface area contributed by atoms with Crippen molar-refractivity contribution in [3.05, 3.63) is 61.2 Å². The molecule has 3 fully saturated rings. The number of esters is 1. The van der Waals surface area contributed by atoms with Crippen molar-refractivity contribution < 1.29 is 24.2 Å².